The number of aliphatic hydroxyl groups excluding tert-OH is 1. The summed E-state index contributed by atoms with van der Waals surface area (Å²) >= 11 is 0. The van der Waals surface area contributed by atoms with Gasteiger partial charge in [0.2, 0.25) is 0 Å². The van der Waals surface area contributed by atoms with E-state index in [0.29, 0.717) is 18.0 Å². The van der Waals surface area contributed by atoms with E-state index in [4.69, 9.17) is 5.73 Å². The van der Waals surface area contributed by atoms with Crippen molar-refractivity contribution in [3.05, 3.63) is 0 Å². The van der Waals surface area contributed by atoms with Crippen molar-refractivity contribution in [3.63, 3.8) is 0 Å². The van der Waals surface area contributed by atoms with E-state index in [2.05, 4.69) is 25.8 Å². The van der Waals surface area contributed by atoms with Crippen LogP contribution in [-0.2, 0) is 0 Å². The van der Waals surface area contributed by atoms with Crippen molar-refractivity contribution >= 4 is 0 Å². The summed E-state index contributed by atoms with van der Waals surface area (Å²) in [6, 6.07) is 0.662. The first-order valence-electron chi connectivity index (χ1n) is 7.56. The third kappa shape index (κ3) is 2.89. The summed E-state index contributed by atoms with van der Waals surface area (Å²) in [7, 11) is 2.16. The van der Waals surface area contributed by atoms with Crippen molar-refractivity contribution in [2.45, 2.75) is 70.6 Å². The second-order valence-corrected chi connectivity index (χ2v) is 7.17. The first-order chi connectivity index (χ1) is 8.42. The van der Waals surface area contributed by atoms with Gasteiger partial charge in [-0.2, -0.15) is 0 Å². The Morgan fingerprint density at radius 1 is 1.22 bits per heavy atom. The van der Waals surface area contributed by atoms with Gasteiger partial charge in [0.15, 0.2) is 0 Å². The van der Waals surface area contributed by atoms with Gasteiger partial charge < -0.3 is 15.7 Å². The highest BCUT2D eigenvalue weighted by Crippen LogP contribution is 2.40. The molecule has 0 radical (unpaired) electrons. The fourth-order valence-corrected chi connectivity index (χ4v) is 3.86. The Morgan fingerprint density at radius 3 is 2.44 bits per heavy atom. The van der Waals surface area contributed by atoms with Crippen molar-refractivity contribution in [2.75, 3.05) is 13.6 Å². The third-order valence-corrected chi connectivity index (χ3v) is 5.35. The fraction of sp³-hybridized carbons (Fsp3) is 1.00. The van der Waals surface area contributed by atoms with Gasteiger partial charge in [0.05, 0.1) is 6.10 Å². The topological polar surface area (TPSA) is 49.5 Å². The van der Waals surface area contributed by atoms with Gasteiger partial charge in [0.25, 0.3) is 0 Å². The highest BCUT2D eigenvalue weighted by Gasteiger charge is 2.40. The summed E-state index contributed by atoms with van der Waals surface area (Å²) in [5.41, 5.74) is 6.67. The van der Waals surface area contributed by atoms with Crippen LogP contribution in [0.3, 0.4) is 0 Å². The molecule has 3 heteroatoms. The molecule has 0 heterocycles. The van der Waals surface area contributed by atoms with Crippen LogP contribution in [0.15, 0.2) is 0 Å². The minimum atomic E-state index is -0.130. The van der Waals surface area contributed by atoms with Gasteiger partial charge in [-0.3, -0.25) is 0 Å². The maximum absolute atomic E-state index is 10.1. The average molecular weight is 254 g/mol. The number of hydrogen-bond donors (Lipinski definition) is 2. The third-order valence-electron chi connectivity index (χ3n) is 5.35. The van der Waals surface area contributed by atoms with Crippen LogP contribution in [0.4, 0.5) is 0 Å². The summed E-state index contributed by atoms with van der Waals surface area (Å²) in [4.78, 5) is 2.37. The molecular formula is C15H30N2O. The molecule has 2 rings (SSSR count). The molecule has 106 valence electrons. The van der Waals surface area contributed by atoms with Crippen LogP contribution in [0.1, 0.15) is 52.4 Å². The molecule has 0 amide bonds. The van der Waals surface area contributed by atoms with E-state index in [1.54, 1.807) is 0 Å². The summed E-state index contributed by atoms with van der Waals surface area (Å²) in [5, 5.41) is 10.1. The first-order valence-corrected chi connectivity index (χ1v) is 7.56. The Morgan fingerprint density at radius 2 is 1.89 bits per heavy atom. The van der Waals surface area contributed by atoms with Crippen molar-refractivity contribution in [1.82, 2.24) is 4.90 Å². The van der Waals surface area contributed by atoms with Crippen LogP contribution in [0.25, 0.3) is 0 Å². The molecule has 0 spiro atoms. The van der Waals surface area contributed by atoms with Crippen LogP contribution < -0.4 is 5.73 Å². The molecule has 18 heavy (non-hydrogen) atoms. The van der Waals surface area contributed by atoms with E-state index >= 15 is 0 Å². The van der Waals surface area contributed by atoms with Gasteiger partial charge in [-0.25, -0.2) is 0 Å². The maximum atomic E-state index is 10.1. The van der Waals surface area contributed by atoms with E-state index in [0.717, 1.165) is 19.4 Å². The molecule has 2 saturated carbocycles. The number of rotatable bonds is 3. The Balaban J connectivity index is 1.89. The smallest absolute Gasteiger partial charge is 0.0695 e. The second-order valence-electron chi connectivity index (χ2n) is 7.17. The zero-order valence-electron chi connectivity index (χ0n) is 12.2. The molecular weight excluding hydrogens is 224 g/mol. The van der Waals surface area contributed by atoms with Crippen molar-refractivity contribution in [3.8, 4) is 0 Å². The van der Waals surface area contributed by atoms with Crippen LogP contribution in [0, 0.1) is 11.3 Å². The highest BCUT2D eigenvalue weighted by molar-refractivity contribution is 4.96. The molecule has 0 aromatic carbocycles. The molecule has 0 aliphatic heterocycles. The van der Waals surface area contributed by atoms with Crippen molar-refractivity contribution in [2.24, 2.45) is 17.1 Å². The number of aliphatic hydroxyl groups is 1. The van der Waals surface area contributed by atoms with Crippen molar-refractivity contribution in [1.29, 1.82) is 0 Å². The molecule has 3 nitrogen and oxygen atoms in total. The number of likely N-dealkylation sites (N-methyl/N-ethyl adjacent to an activating group) is 1. The quantitative estimate of drug-likeness (QED) is 0.810. The number of nitrogens with zero attached hydrogens (tertiary/aromatic N) is 1. The second kappa shape index (κ2) is 5.48. The van der Waals surface area contributed by atoms with Gasteiger partial charge in [0, 0.05) is 18.6 Å². The van der Waals surface area contributed by atoms with E-state index in [9.17, 15) is 5.11 Å². The van der Waals surface area contributed by atoms with Gasteiger partial charge >= 0.3 is 0 Å². The van der Waals surface area contributed by atoms with Crippen molar-refractivity contribution < 1.29 is 5.11 Å². The zero-order chi connectivity index (χ0) is 13.3. The predicted octanol–water partition coefficient (Wildman–Crippen LogP) is 1.99. The molecule has 0 bridgehead atoms. The Kier molecular flexibility index (Phi) is 4.35. The molecule has 3 N–H and O–H groups in total. The Labute approximate surface area is 112 Å². The molecule has 0 aromatic heterocycles. The summed E-state index contributed by atoms with van der Waals surface area (Å²) in [6.07, 6.45) is 6.89. The van der Waals surface area contributed by atoms with E-state index in [-0.39, 0.29) is 11.5 Å². The summed E-state index contributed by atoms with van der Waals surface area (Å²) in [5.74, 6) is 0.596. The lowest BCUT2D eigenvalue weighted by molar-refractivity contribution is 0.0242. The predicted molar refractivity (Wildman–Crippen MR) is 75.4 cm³/mol. The average Bonchev–Trinajstić information content (AvgIpc) is 2.57. The minimum absolute atomic E-state index is 0.130. The molecule has 2 aliphatic rings. The number of nitrogens with two attached hydrogens (primary N) is 1. The van der Waals surface area contributed by atoms with Crippen LogP contribution in [0.2, 0.25) is 0 Å². The first kappa shape index (κ1) is 14.3. The molecule has 2 fully saturated rings. The van der Waals surface area contributed by atoms with Gasteiger partial charge in [-0.15, -0.1) is 0 Å². The molecule has 4 unspecified atom stereocenters. The SMILES string of the molecule is CN(CC1CCC(C)(C)C1N)C1CCCCC1O. The standard InChI is InChI=1S/C15H30N2O/c1-15(2)9-8-11(14(15)16)10-17(3)12-6-4-5-7-13(12)18/h11-14,18H,4-10,16H2,1-3H3. The van der Waals surface area contributed by atoms with Crippen LogP contribution in [0.5, 0.6) is 0 Å². The highest BCUT2D eigenvalue weighted by atomic mass is 16.3. The Bertz CT molecular complexity index is 280. The van der Waals surface area contributed by atoms with E-state index < -0.39 is 0 Å². The molecule has 0 saturated heterocycles. The number of hydrogen-bond acceptors (Lipinski definition) is 3. The van der Waals surface area contributed by atoms with E-state index in [1.807, 2.05) is 0 Å². The lowest BCUT2D eigenvalue weighted by atomic mass is 9.85. The van der Waals surface area contributed by atoms with Crippen LogP contribution >= 0.6 is 0 Å². The maximum Gasteiger partial charge on any atom is 0.0695 e. The largest absolute Gasteiger partial charge is 0.391 e. The lowest BCUT2D eigenvalue weighted by Crippen LogP contribution is -2.48. The minimum Gasteiger partial charge on any atom is -0.391 e. The summed E-state index contributed by atoms with van der Waals surface area (Å²) < 4.78 is 0. The normalized spacial score (nSPS) is 40.3. The molecule has 4 atom stereocenters. The van der Waals surface area contributed by atoms with E-state index in [1.165, 1.54) is 25.7 Å². The zero-order valence-corrected chi connectivity index (χ0v) is 12.2. The molecule has 0 aromatic rings. The van der Waals surface area contributed by atoms with Gasteiger partial charge in [0.1, 0.15) is 0 Å². The monoisotopic (exact) mass is 254 g/mol. The Hall–Kier alpha value is -0.120. The summed E-state index contributed by atoms with van der Waals surface area (Å²) in [6.45, 7) is 5.62. The lowest BCUT2D eigenvalue weighted by Gasteiger charge is -2.38. The molecule has 2 aliphatic carbocycles. The van der Waals surface area contributed by atoms with Crippen LogP contribution in [-0.4, -0.2) is 41.8 Å². The van der Waals surface area contributed by atoms with Gasteiger partial charge in [-0.05, 0) is 44.1 Å². The van der Waals surface area contributed by atoms with Gasteiger partial charge in [-0.1, -0.05) is 26.7 Å². The fourth-order valence-electron chi connectivity index (χ4n) is 3.86.